The van der Waals surface area contributed by atoms with Crippen LogP contribution in [0.1, 0.15) is 47.5 Å². The lowest BCUT2D eigenvalue weighted by atomic mass is 10.1. The first-order valence-electron chi connectivity index (χ1n) is 7.06. The molecule has 1 aliphatic carbocycles. The lowest BCUT2D eigenvalue weighted by Gasteiger charge is -2.18. The molecule has 0 saturated carbocycles. The van der Waals surface area contributed by atoms with Gasteiger partial charge in [-0.25, -0.2) is 0 Å². The van der Waals surface area contributed by atoms with Gasteiger partial charge in [0.15, 0.2) is 0 Å². The molecule has 0 radical (unpaired) electrons. The van der Waals surface area contributed by atoms with Gasteiger partial charge in [0.2, 0.25) is 0 Å². The molecule has 1 N–H and O–H groups in total. The number of fused-ring (bicyclic) bond motifs is 1. The number of rotatable bonds is 5. The molecular formula is C15H21NOS. The van der Waals surface area contributed by atoms with Gasteiger partial charge in [-0.3, -0.25) is 0 Å². The molecule has 1 aliphatic heterocycles. The Balaban J connectivity index is 1.82. The monoisotopic (exact) mass is 263 g/mol. The maximum atomic E-state index is 5.77. The van der Waals surface area contributed by atoms with E-state index in [4.69, 9.17) is 4.74 Å². The first kappa shape index (κ1) is 12.2. The summed E-state index contributed by atoms with van der Waals surface area (Å²) in [6.45, 7) is 4.11. The number of ether oxygens (including phenoxy) is 1. The fourth-order valence-electron chi connectivity index (χ4n) is 2.76. The Labute approximate surface area is 113 Å². The maximum absolute atomic E-state index is 5.77. The minimum absolute atomic E-state index is 0.294. The summed E-state index contributed by atoms with van der Waals surface area (Å²) in [6.07, 6.45) is 8.36. The van der Waals surface area contributed by atoms with Crippen molar-refractivity contribution in [2.24, 2.45) is 0 Å². The minimum atomic E-state index is 0.294. The van der Waals surface area contributed by atoms with Gasteiger partial charge < -0.3 is 10.1 Å². The van der Waals surface area contributed by atoms with Crippen LogP contribution in [0.25, 0.3) is 0 Å². The van der Waals surface area contributed by atoms with Crippen LogP contribution in [0, 0.1) is 0 Å². The van der Waals surface area contributed by atoms with Crippen molar-refractivity contribution in [3.05, 3.63) is 33.2 Å². The van der Waals surface area contributed by atoms with E-state index in [0.717, 1.165) is 31.8 Å². The Morgan fingerprint density at radius 1 is 1.44 bits per heavy atom. The fourth-order valence-corrected chi connectivity index (χ4v) is 4.10. The van der Waals surface area contributed by atoms with Crippen LogP contribution in [-0.4, -0.2) is 13.2 Å². The van der Waals surface area contributed by atoms with E-state index in [1.807, 2.05) is 11.3 Å². The topological polar surface area (TPSA) is 21.3 Å². The first-order chi connectivity index (χ1) is 8.88. The second-order valence-electron chi connectivity index (χ2n) is 5.08. The molecular weight excluding hydrogens is 242 g/mol. The molecule has 0 spiro atoms. The molecule has 0 amide bonds. The summed E-state index contributed by atoms with van der Waals surface area (Å²) in [6, 6.07) is 2.70. The molecule has 0 saturated heterocycles. The zero-order chi connectivity index (χ0) is 12.4. The van der Waals surface area contributed by atoms with E-state index in [1.54, 1.807) is 10.4 Å². The minimum Gasteiger partial charge on any atom is -0.496 e. The van der Waals surface area contributed by atoms with E-state index in [9.17, 15) is 0 Å². The third kappa shape index (κ3) is 2.34. The maximum Gasteiger partial charge on any atom is 0.114 e. The van der Waals surface area contributed by atoms with Crippen LogP contribution in [0.5, 0.6) is 0 Å². The van der Waals surface area contributed by atoms with E-state index >= 15 is 0 Å². The van der Waals surface area contributed by atoms with Crippen LogP contribution in [0.15, 0.2) is 17.9 Å². The van der Waals surface area contributed by atoms with Crippen molar-refractivity contribution in [1.29, 1.82) is 0 Å². The second kappa shape index (κ2) is 5.45. The van der Waals surface area contributed by atoms with E-state index in [-0.39, 0.29) is 0 Å². The number of thiophene rings is 1. The highest BCUT2D eigenvalue weighted by Gasteiger charge is 2.24. The van der Waals surface area contributed by atoms with Gasteiger partial charge in [0.05, 0.1) is 12.6 Å². The van der Waals surface area contributed by atoms with Crippen LogP contribution >= 0.6 is 11.3 Å². The van der Waals surface area contributed by atoms with Crippen LogP contribution in [-0.2, 0) is 17.6 Å². The molecule has 2 nitrogen and oxygen atoms in total. The number of hydrogen-bond donors (Lipinski definition) is 1. The lowest BCUT2D eigenvalue weighted by Crippen LogP contribution is -2.23. The highest BCUT2D eigenvalue weighted by atomic mass is 32.1. The van der Waals surface area contributed by atoms with Crippen molar-refractivity contribution in [3.8, 4) is 0 Å². The normalized spacial score (nSPS) is 19.5. The summed E-state index contributed by atoms with van der Waals surface area (Å²) >= 11 is 1.98. The molecule has 1 atom stereocenters. The number of hydrogen-bond acceptors (Lipinski definition) is 3. The van der Waals surface area contributed by atoms with Crippen LogP contribution in [0.2, 0.25) is 0 Å². The highest BCUT2D eigenvalue weighted by molar-refractivity contribution is 7.12. The molecule has 18 heavy (non-hydrogen) atoms. The Kier molecular flexibility index (Phi) is 3.71. The van der Waals surface area contributed by atoms with Crippen LogP contribution in [0.3, 0.4) is 0 Å². The molecule has 0 aromatic carbocycles. The Morgan fingerprint density at radius 2 is 2.39 bits per heavy atom. The molecule has 0 bridgehead atoms. The zero-order valence-electron chi connectivity index (χ0n) is 11.0. The molecule has 0 fully saturated rings. The van der Waals surface area contributed by atoms with Gasteiger partial charge in [-0.15, -0.1) is 11.3 Å². The fraction of sp³-hybridized carbons (Fsp3) is 0.600. The average Bonchev–Trinajstić information content (AvgIpc) is 3.05. The SMILES string of the molecule is CCCNC(C1=CCCO1)c1cc2c(s1)CCC2. The van der Waals surface area contributed by atoms with Crippen molar-refractivity contribution in [3.63, 3.8) is 0 Å². The van der Waals surface area contributed by atoms with Gasteiger partial charge in [0, 0.05) is 16.2 Å². The predicted octanol–water partition coefficient (Wildman–Crippen LogP) is 3.58. The standard InChI is InChI=1S/C15H21NOS/c1-2-8-16-15(12-6-4-9-17-12)14-10-11-5-3-7-13(11)18-14/h6,10,15-16H,2-5,7-9H2,1H3. The summed E-state index contributed by atoms with van der Waals surface area (Å²) in [4.78, 5) is 3.05. The Morgan fingerprint density at radius 3 is 3.11 bits per heavy atom. The van der Waals surface area contributed by atoms with Gasteiger partial charge in [-0.2, -0.15) is 0 Å². The molecule has 3 heteroatoms. The molecule has 2 aliphatic rings. The van der Waals surface area contributed by atoms with Gasteiger partial charge in [-0.05, 0) is 49.9 Å². The van der Waals surface area contributed by atoms with Gasteiger partial charge in [0.25, 0.3) is 0 Å². The third-order valence-electron chi connectivity index (χ3n) is 3.67. The quantitative estimate of drug-likeness (QED) is 0.876. The smallest absolute Gasteiger partial charge is 0.114 e. The van der Waals surface area contributed by atoms with Crippen molar-refractivity contribution >= 4 is 11.3 Å². The van der Waals surface area contributed by atoms with E-state index < -0.39 is 0 Å². The van der Waals surface area contributed by atoms with Crippen molar-refractivity contribution in [2.45, 2.75) is 45.1 Å². The Hall–Kier alpha value is -0.800. The molecule has 98 valence electrons. The molecule has 1 aromatic heterocycles. The van der Waals surface area contributed by atoms with Crippen molar-refractivity contribution in [1.82, 2.24) is 5.32 Å². The number of nitrogens with one attached hydrogen (secondary N) is 1. The van der Waals surface area contributed by atoms with Gasteiger partial charge in [0.1, 0.15) is 5.76 Å². The van der Waals surface area contributed by atoms with E-state index in [1.165, 1.54) is 24.1 Å². The summed E-state index contributed by atoms with van der Waals surface area (Å²) in [5, 5.41) is 3.63. The van der Waals surface area contributed by atoms with Crippen molar-refractivity contribution in [2.75, 3.05) is 13.2 Å². The molecule has 1 aromatic rings. The van der Waals surface area contributed by atoms with Gasteiger partial charge >= 0.3 is 0 Å². The second-order valence-corrected chi connectivity index (χ2v) is 6.25. The average molecular weight is 263 g/mol. The summed E-state index contributed by atoms with van der Waals surface area (Å²) in [5.41, 5.74) is 1.58. The molecule has 1 unspecified atom stereocenters. The van der Waals surface area contributed by atoms with Gasteiger partial charge in [-0.1, -0.05) is 6.92 Å². The predicted molar refractivity (Wildman–Crippen MR) is 76.0 cm³/mol. The zero-order valence-corrected chi connectivity index (χ0v) is 11.8. The van der Waals surface area contributed by atoms with Crippen LogP contribution < -0.4 is 5.32 Å². The molecule has 3 rings (SSSR count). The van der Waals surface area contributed by atoms with Crippen LogP contribution in [0.4, 0.5) is 0 Å². The summed E-state index contributed by atoms with van der Waals surface area (Å²) in [7, 11) is 0. The lowest BCUT2D eigenvalue weighted by molar-refractivity contribution is 0.216. The third-order valence-corrected chi connectivity index (χ3v) is 4.97. The summed E-state index contributed by atoms with van der Waals surface area (Å²) in [5.74, 6) is 1.14. The van der Waals surface area contributed by atoms with E-state index in [2.05, 4.69) is 24.4 Å². The number of aryl methyl sites for hydroxylation is 2. The highest BCUT2D eigenvalue weighted by Crippen LogP contribution is 2.37. The molecule has 2 heterocycles. The Bertz CT molecular complexity index is 428. The first-order valence-corrected chi connectivity index (χ1v) is 7.88. The van der Waals surface area contributed by atoms with Crippen molar-refractivity contribution < 1.29 is 4.74 Å². The largest absolute Gasteiger partial charge is 0.496 e. The van der Waals surface area contributed by atoms with E-state index in [0.29, 0.717) is 6.04 Å². The summed E-state index contributed by atoms with van der Waals surface area (Å²) < 4.78 is 5.77.